The Morgan fingerprint density at radius 1 is 0.667 bits per heavy atom. The maximum Gasteiger partial charge on any atom is 0.180 e. The molecule has 0 bridgehead atoms. The lowest BCUT2D eigenvalue weighted by Crippen LogP contribution is -2.36. The van der Waals surface area contributed by atoms with E-state index in [0.29, 0.717) is 0 Å². The van der Waals surface area contributed by atoms with Crippen molar-refractivity contribution in [3.8, 4) is 0 Å². The minimum atomic E-state index is -1.75. The second-order valence-electron chi connectivity index (χ2n) is 5.72. The molecule has 0 aromatic heterocycles. The third-order valence-electron chi connectivity index (χ3n) is 3.21. The molecule has 0 spiro atoms. The second kappa shape index (κ2) is 4.67. The molecule has 2 aromatic rings. The van der Waals surface area contributed by atoms with Gasteiger partial charge in [-0.15, -0.1) is 0 Å². The van der Waals surface area contributed by atoms with E-state index >= 15 is 0 Å². The van der Waals surface area contributed by atoms with Crippen molar-refractivity contribution in [1.29, 1.82) is 0 Å². The van der Waals surface area contributed by atoms with Crippen LogP contribution in [0.3, 0.4) is 0 Å². The number of hydrogen-bond acceptors (Lipinski definition) is 0. The van der Waals surface area contributed by atoms with Gasteiger partial charge in [0.05, 0.1) is 0 Å². The van der Waals surface area contributed by atoms with Crippen molar-refractivity contribution in [1.82, 2.24) is 0 Å². The van der Waals surface area contributed by atoms with Crippen LogP contribution in [-0.2, 0) is 0 Å². The highest BCUT2D eigenvalue weighted by Gasteiger charge is 2.22. The van der Waals surface area contributed by atoms with Crippen LogP contribution in [-0.4, -0.2) is 14.8 Å². The standard InChI is InChI=1S/C14H18Cl2Si2/c1-17(2,15)13-7-5-12-10-14(18(3,4)16)8-6-11(12)9-13/h5-10H,1-4H3. The van der Waals surface area contributed by atoms with Crippen LogP contribution in [0, 0.1) is 0 Å². The van der Waals surface area contributed by atoms with E-state index in [1.54, 1.807) is 0 Å². The zero-order valence-electron chi connectivity index (χ0n) is 11.2. The van der Waals surface area contributed by atoms with E-state index in [9.17, 15) is 0 Å². The van der Waals surface area contributed by atoms with E-state index in [1.165, 1.54) is 21.1 Å². The Hall–Kier alpha value is -0.286. The third kappa shape index (κ3) is 2.99. The van der Waals surface area contributed by atoms with E-state index in [-0.39, 0.29) is 0 Å². The number of hydrogen-bond donors (Lipinski definition) is 0. The normalized spacial score (nSPS) is 13.0. The molecular weight excluding hydrogens is 295 g/mol. The van der Waals surface area contributed by atoms with Crippen molar-refractivity contribution in [2.75, 3.05) is 0 Å². The molecule has 0 aliphatic rings. The molecule has 0 unspecified atom stereocenters. The van der Waals surface area contributed by atoms with Gasteiger partial charge in [0.25, 0.3) is 0 Å². The summed E-state index contributed by atoms with van der Waals surface area (Å²) in [6.07, 6.45) is 0. The summed E-state index contributed by atoms with van der Waals surface area (Å²) in [6, 6.07) is 13.1. The number of rotatable bonds is 2. The summed E-state index contributed by atoms with van der Waals surface area (Å²) in [7, 11) is -3.49. The van der Waals surface area contributed by atoms with Crippen LogP contribution in [0.25, 0.3) is 10.8 Å². The minimum Gasteiger partial charge on any atom is -0.162 e. The molecule has 0 heterocycles. The fraction of sp³-hybridized carbons (Fsp3) is 0.286. The van der Waals surface area contributed by atoms with Gasteiger partial charge in [0.15, 0.2) is 14.8 Å². The van der Waals surface area contributed by atoms with Crippen LogP contribution in [0.4, 0.5) is 0 Å². The van der Waals surface area contributed by atoms with Crippen LogP contribution in [0.1, 0.15) is 0 Å². The van der Waals surface area contributed by atoms with Gasteiger partial charge < -0.3 is 0 Å². The van der Waals surface area contributed by atoms with Crippen LogP contribution in [0.5, 0.6) is 0 Å². The molecular formula is C14H18Cl2Si2. The molecule has 0 saturated carbocycles. The van der Waals surface area contributed by atoms with E-state index in [4.69, 9.17) is 22.2 Å². The summed E-state index contributed by atoms with van der Waals surface area (Å²) in [4.78, 5) is 0. The molecule has 0 fully saturated rings. The molecule has 0 atom stereocenters. The molecule has 0 nitrogen and oxygen atoms in total. The number of fused-ring (bicyclic) bond motifs is 1. The molecule has 0 N–H and O–H groups in total. The zero-order chi connectivity index (χ0) is 13.6. The Morgan fingerprint density at radius 2 is 1.00 bits per heavy atom. The molecule has 96 valence electrons. The van der Waals surface area contributed by atoms with Gasteiger partial charge in [-0.3, -0.25) is 0 Å². The van der Waals surface area contributed by atoms with E-state index in [2.05, 4.69) is 62.6 Å². The predicted octanol–water partition coefficient (Wildman–Crippen LogP) is 4.14. The predicted molar refractivity (Wildman–Crippen MR) is 89.9 cm³/mol. The molecule has 0 radical (unpaired) electrons. The summed E-state index contributed by atoms with van der Waals surface area (Å²) < 4.78 is 0. The number of benzene rings is 2. The first-order valence-electron chi connectivity index (χ1n) is 6.10. The van der Waals surface area contributed by atoms with Crippen molar-refractivity contribution < 1.29 is 0 Å². The summed E-state index contributed by atoms with van der Waals surface area (Å²) in [6.45, 7) is 8.61. The first-order chi connectivity index (χ1) is 8.18. The van der Waals surface area contributed by atoms with Gasteiger partial charge in [-0.25, -0.2) is 0 Å². The minimum absolute atomic E-state index is 1.26. The molecule has 0 amide bonds. The third-order valence-corrected chi connectivity index (χ3v) is 7.89. The van der Waals surface area contributed by atoms with Crippen LogP contribution >= 0.6 is 22.2 Å². The highest BCUT2D eigenvalue weighted by molar-refractivity contribution is 7.26. The quantitative estimate of drug-likeness (QED) is 0.577. The average Bonchev–Trinajstić information content (AvgIpc) is 2.25. The molecule has 0 aliphatic heterocycles. The number of halogens is 2. The fourth-order valence-corrected chi connectivity index (χ4v) is 4.65. The summed E-state index contributed by atoms with van der Waals surface area (Å²) in [5.74, 6) is 0. The molecule has 2 aromatic carbocycles. The van der Waals surface area contributed by atoms with Gasteiger partial charge in [0, 0.05) is 0 Å². The lowest BCUT2D eigenvalue weighted by atomic mass is 10.1. The Kier molecular flexibility index (Phi) is 3.67. The Morgan fingerprint density at radius 3 is 1.28 bits per heavy atom. The Bertz CT molecular complexity index is 527. The topological polar surface area (TPSA) is 0 Å². The van der Waals surface area contributed by atoms with Crippen molar-refractivity contribution in [2.24, 2.45) is 0 Å². The first-order valence-corrected chi connectivity index (χ1v) is 14.1. The maximum absolute atomic E-state index is 6.49. The lowest BCUT2D eigenvalue weighted by Gasteiger charge is -2.17. The SMILES string of the molecule is C[Si](C)(Cl)c1ccc2cc([Si](C)(C)Cl)ccc2c1. The van der Waals surface area contributed by atoms with Crippen molar-refractivity contribution >= 4 is 58.1 Å². The zero-order valence-corrected chi connectivity index (χ0v) is 14.7. The maximum atomic E-state index is 6.49. The van der Waals surface area contributed by atoms with Gasteiger partial charge in [-0.2, -0.15) is 22.2 Å². The van der Waals surface area contributed by atoms with Crippen molar-refractivity contribution in [2.45, 2.75) is 26.2 Å². The lowest BCUT2D eigenvalue weighted by molar-refractivity contribution is 1.76. The molecule has 4 heteroatoms. The highest BCUT2D eigenvalue weighted by atomic mass is 35.6. The van der Waals surface area contributed by atoms with E-state index in [0.717, 1.165) is 0 Å². The van der Waals surface area contributed by atoms with Crippen LogP contribution in [0.2, 0.25) is 26.2 Å². The monoisotopic (exact) mass is 312 g/mol. The largest absolute Gasteiger partial charge is 0.180 e. The Balaban J connectivity index is 2.56. The fourth-order valence-electron chi connectivity index (χ4n) is 1.99. The van der Waals surface area contributed by atoms with Gasteiger partial charge in [-0.1, -0.05) is 62.6 Å². The Labute approximate surface area is 120 Å². The average molecular weight is 313 g/mol. The van der Waals surface area contributed by atoms with Crippen molar-refractivity contribution in [3.63, 3.8) is 0 Å². The van der Waals surface area contributed by atoms with E-state index in [1.807, 2.05) is 0 Å². The van der Waals surface area contributed by atoms with Gasteiger partial charge in [0.1, 0.15) is 0 Å². The molecule has 0 aliphatic carbocycles. The molecule has 0 saturated heterocycles. The summed E-state index contributed by atoms with van der Waals surface area (Å²) in [5.41, 5.74) is 0. The van der Waals surface area contributed by atoms with Gasteiger partial charge in [0.2, 0.25) is 0 Å². The van der Waals surface area contributed by atoms with Crippen molar-refractivity contribution in [3.05, 3.63) is 36.4 Å². The van der Waals surface area contributed by atoms with Gasteiger partial charge in [-0.05, 0) is 21.1 Å². The van der Waals surface area contributed by atoms with Crippen LogP contribution in [0.15, 0.2) is 36.4 Å². The highest BCUT2D eigenvalue weighted by Crippen LogP contribution is 2.17. The first kappa shape index (κ1) is 14.1. The van der Waals surface area contributed by atoms with Crippen LogP contribution < -0.4 is 10.4 Å². The smallest absolute Gasteiger partial charge is 0.162 e. The summed E-state index contributed by atoms with van der Waals surface area (Å²) in [5, 5.41) is 5.08. The molecule has 2 rings (SSSR count). The van der Waals surface area contributed by atoms with E-state index < -0.39 is 14.8 Å². The molecule has 18 heavy (non-hydrogen) atoms. The summed E-state index contributed by atoms with van der Waals surface area (Å²) >= 11 is 13.0. The van der Waals surface area contributed by atoms with Gasteiger partial charge >= 0.3 is 0 Å². The second-order valence-corrected chi connectivity index (χ2v) is 18.4.